The predicted octanol–water partition coefficient (Wildman–Crippen LogP) is -3.38. The molecule has 8 rings (SSSR count). The summed E-state index contributed by atoms with van der Waals surface area (Å²) in [6.07, 6.45) is -0.565. The number of carboxylic acids is 1. The first-order valence-electron chi connectivity index (χ1n) is 14.3. The largest absolute Gasteiger partial charge is 1.00 e. The van der Waals surface area contributed by atoms with Crippen LogP contribution in [0.2, 0.25) is 0 Å². The molecule has 0 spiro atoms. The van der Waals surface area contributed by atoms with Crippen molar-refractivity contribution in [2.75, 3.05) is 45.8 Å². The van der Waals surface area contributed by atoms with Gasteiger partial charge in [0.25, 0.3) is 5.91 Å². The number of quaternary nitrogens is 2. The van der Waals surface area contributed by atoms with E-state index in [9.17, 15) is 29.4 Å². The Labute approximate surface area is 249 Å². The van der Waals surface area contributed by atoms with Crippen LogP contribution in [-0.2, 0) is 20.9 Å². The zero-order chi connectivity index (χ0) is 28.8. The number of nitrogens with two attached hydrogens (primary N) is 1. The molecule has 0 saturated carbocycles. The monoisotopic (exact) mass is 592 g/mol. The van der Waals surface area contributed by atoms with Gasteiger partial charge in [-0.25, -0.2) is 0 Å². The summed E-state index contributed by atoms with van der Waals surface area (Å²) >= 11 is 0. The van der Waals surface area contributed by atoms with Crippen molar-refractivity contribution >= 4 is 29.1 Å². The Kier molecular flexibility index (Phi) is 6.62. The maximum absolute atomic E-state index is 13.5. The molecular weight excluding hydrogens is 560 g/mol. The number of hydrogen-bond donors (Lipinski definition) is 2. The lowest BCUT2D eigenvalue weighted by Crippen LogP contribution is -3.00. The maximum Gasteiger partial charge on any atom is 0.272 e. The van der Waals surface area contributed by atoms with Gasteiger partial charge in [-0.15, -0.1) is 0 Å². The average molecular weight is 593 g/mol. The maximum atomic E-state index is 13.5. The van der Waals surface area contributed by atoms with Gasteiger partial charge in [-0.05, 0) is 53.8 Å². The molecule has 2 amide bonds. The van der Waals surface area contributed by atoms with Gasteiger partial charge in [0.2, 0.25) is 5.91 Å². The number of aliphatic carboxylic acids is 1. The number of fused-ring (bicyclic) bond motifs is 7. The number of carbonyl (C=O) groups is 4. The number of piperazine rings is 3. The lowest BCUT2D eigenvalue weighted by Gasteiger charge is -2.55. The number of hydrogen-bond acceptors (Lipinski definition) is 6. The second-order valence-electron chi connectivity index (χ2n) is 12.6. The topological polar surface area (TPSA) is 141 Å². The molecular formula is C31H33ClN4O6. The molecule has 3 N–H and O–H groups in total. The quantitative estimate of drug-likeness (QED) is 0.217. The molecule has 5 heterocycles. The molecule has 220 valence electrons. The van der Waals surface area contributed by atoms with E-state index >= 15 is 0 Å². The summed E-state index contributed by atoms with van der Waals surface area (Å²) in [5, 5.41) is 22.2. The standard InChI is InChI=1S/C31H32N4O6.ClH/c1-17(36)27-25-14-22(28(31(40)41)33(25)30(27)39)19-3-5-21-23(13-19)20-4-2-18(12-24(20)29(21)38)15-34-6-9-35(10-7-34,11-8-34)16-26(32)37;/h2-5,12-13,17,25,27,36H,6-11,14-16H2,1H3,(H-2,32,37,40,41);1H/t17-,25-,27?,34?,35?;/m1./s1. The van der Waals surface area contributed by atoms with Gasteiger partial charge in [0.05, 0.1) is 29.7 Å². The SMILES string of the molecule is C[C@@H](O)C1C(=O)N2C(C(=O)[O-])=C(c3ccc4c(c3)-c3ccc(C[N+]56CC[N+](CC(N)=O)(CC5)CC6)cc3C4=O)C[C@H]12.[Cl-]. The van der Waals surface area contributed by atoms with Gasteiger partial charge < -0.3 is 47.0 Å². The number of primary amides is 1. The Balaban J connectivity index is 0.00000316. The molecule has 6 aliphatic rings. The number of benzene rings is 2. The minimum absolute atomic E-state index is 0. The Bertz CT molecular complexity index is 1580. The minimum Gasteiger partial charge on any atom is -1.00 e. The van der Waals surface area contributed by atoms with Crippen molar-refractivity contribution < 1.29 is 50.8 Å². The summed E-state index contributed by atoms with van der Waals surface area (Å²) in [7, 11) is 0. The lowest BCUT2D eigenvalue weighted by atomic mass is 9.82. The normalized spacial score (nSPS) is 29.4. The van der Waals surface area contributed by atoms with Crippen molar-refractivity contribution in [2.45, 2.75) is 32.0 Å². The summed E-state index contributed by atoms with van der Waals surface area (Å²) in [6, 6.07) is 11.0. The highest BCUT2D eigenvalue weighted by Gasteiger charge is 2.55. The number of halogens is 1. The van der Waals surface area contributed by atoms with E-state index in [1.807, 2.05) is 18.2 Å². The molecule has 0 aromatic heterocycles. The van der Waals surface area contributed by atoms with Crippen LogP contribution in [0.25, 0.3) is 16.7 Å². The number of aliphatic hydroxyl groups excluding tert-OH is 1. The molecule has 0 radical (unpaired) electrons. The molecule has 2 bridgehead atoms. The highest BCUT2D eigenvalue weighted by atomic mass is 35.5. The van der Waals surface area contributed by atoms with Gasteiger partial charge in [0.15, 0.2) is 12.3 Å². The van der Waals surface area contributed by atoms with Crippen molar-refractivity contribution in [3.8, 4) is 11.1 Å². The van der Waals surface area contributed by atoms with E-state index < -0.39 is 29.9 Å². The number of ketones is 1. The zero-order valence-corrected chi connectivity index (χ0v) is 24.1. The van der Waals surface area contributed by atoms with Crippen LogP contribution < -0.4 is 23.2 Å². The summed E-state index contributed by atoms with van der Waals surface area (Å²) in [5.74, 6) is -2.75. The number of carbonyl (C=O) groups excluding carboxylic acids is 4. The van der Waals surface area contributed by atoms with Crippen LogP contribution in [0.1, 0.15) is 40.4 Å². The number of nitrogens with zero attached hydrogens (tertiary/aromatic N) is 3. The minimum atomic E-state index is -1.42. The second kappa shape index (κ2) is 9.74. The van der Waals surface area contributed by atoms with Crippen molar-refractivity contribution in [3.63, 3.8) is 0 Å². The molecule has 42 heavy (non-hydrogen) atoms. The van der Waals surface area contributed by atoms with Crippen LogP contribution in [-0.4, -0.2) is 100 Å². The van der Waals surface area contributed by atoms with E-state index in [0.29, 0.717) is 35.2 Å². The third-order valence-electron chi connectivity index (χ3n) is 10.3. The Morgan fingerprint density at radius 3 is 2.24 bits per heavy atom. The van der Waals surface area contributed by atoms with Crippen LogP contribution in [0.3, 0.4) is 0 Å². The van der Waals surface area contributed by atoms with E-state index in [2.05, 4.69) is 6.07 Å². The molecule has 5 aliphatic heterocycles. The molecule has 1 unspecified atom stereocenters. The van der Waals surface area contributed by atoms with E-state index in [0.717, 1.165) is 71.5 Å². The van der Waals surface area contributed by atoms with E-state index in [4.69, 9.17) is 5.73 Å². The van der Waals surface area contributed by atoms with Gasteiger partial charge in [0, 0.05) is 16.7 Å². The Hall–Kier alpha value is -3.57. The second-order valence-corrected chi connectivity index (χ2v) is 12.6. The number of carboxylic acid groups (broad SMARTS) is 1. The van der Waals surface area contributed by atoms with Crippen molar-refractivity contribution in [2.24, 2.45) is 11.7 Å². The summed E-state index contributed by atoms with van der Waals surface area (Å²) in [6.45, 7) is 8.53. The summed E-state index contributed by atoms with van der Waals surface area (Å²) in [4.78, 5) is 51.0. The molecule has 11 heteroatoms. The fourth-order valence-electron chi connectivity index (χ4n) is 8.06. The first kappa shape index (κ1) is 28.5. The number of aliphatic hydroxyl groups is 1. The van der Waals surface area contributed by atoms with Crippen LogP contribution >= 0.6 is 0 Å². The molecule has 3 atom stereocenters. The van der Waals surface area contributed by atoms with E-state index in [-0.39, 0.29) is 29.8 Å². The van der Waals surface area contributed by atoms with Crippen LogP contribution in [0.4, 0.5) is 0 Å². The molecule has 2 aromatic carbocycles. The number of amides is 2. The van der Waals surface area contributed by atoms with Gasteiger partial charge in [-0.2, -0.15) is 0 Å². The van der Waals surface area contributed by atoms with Crippen LogP contribution in [0.15, 0.2) is 42.1 Å². The van der Waals surface area contributed by atoms with Gasteiger partial charge in [-0.3, -0.25) is 14.4 Å². The van der Waals surface area contributed by atoms with Crippen molar-refractivity contribution in [3.05, 3.63) is 64.3 Å². The average Bonchev–Trinajstić information content (AvgIpc) is 3.41. The molecule has 2 aromatic rings. The first-order valence-corrected chi connectivity index (χ1v) is 14.3. The number of rotatable bonds is 7. The molecule has 10 nitrogen and oxygen atoms in total. The Morgan fingerprint density at radius 2 is 1.62 bits per heavy atom. The fourth-order valence-corrected chi connectivity index (χ4v) is 8.06. The zero-order valence-electron chi connectivity index (χ0n) is 23.3. The molecule has 4 fully saturated rings. The van der Waals surface area contributed by atoms with Gasteiger partial charge in [0.1, 0.15) is 45.8 Å². The molecule has 4 saturated heterocycles. The van der Waals surface area contributed by atoms with Gasteiger partial charge in [-0.1, -0.05) is 18.2 Å². The predicted molar refractivity (Wildman–Crippen MR) is 145 cm³/mol. The smallest absolute Gasteiger partial charge is 0.272 e. The number of β-lactam (4-membered cyclic amide) rings is 1. The van der Waals surface area contributed by atoms with Crippen molar-refractivity contribution in [1.82, 2.24) is 4.90 Å². The molecule has 1 aliphatic carbocycles. The summed E-state index contributed by atoms with van der Waals surface area (Å²) < 4.78 is 1.74. The van der Waals surface area contributed by atoms with Crippen LogP contribution in [0.5, 0.6) is 0 Å². The van der Waals surface area contributed by atoms with E-state index in [1.165, 1.54) is 4.90 Å². The highest BCUT2D eigenvalue weighted by molar-refractivity contribution is 6.22. The van der Waals surface area contributed by atoms with E-state index in [1.54, 1.807) is 19.1 Å². The summed E-state index contributed by atoms with van der Waals surface area (Å²) in [5.41, 5.74) is 10.4. The van der Waals surface area contributed by atoms with Crippen molar-refractivity contribution in [1.29, 1.82) is 0 Å². The lowest BCUT2D eigenvalue weighted by molar-refractivity contribution is -1.08. The third-order valence-corrected chi connectivity index (χ3v) is 10.3. The highest BCUT2D eigenvalue weighted by Crippen LogP contribution is 2.48. The third kappa shape index (κ3) is 4.11. The first-order chi connectivity index (χ1) is 19.5. The van der Waals surface area contributed by atoms with Gasteiger partial charge >= 0.3 is 0 Å². The fraction of sp³-hybridized carbons (Fsp3) is 0.419. The van der Waals surface area contributed by atoms with Crippen LogP contribution in [0, 0.1) is 5.92 Å². The Morgan fingerprint density at radius 1 is 0.976 bits per heavy atom.